The first-order chi connectivity index (χ1) is 30.8. The maximum absolute atomic E-state index is 13.1. The fraction of sp³-hybridized carbons (Fsp3) is 0.889. The topological polar surface area (TPSA) is 307 Å². The van der Waals surface area contributed by atoms with E-state index in [1.807, 2.05) is 6.08 Å². The number of amides is 1. The lowest BCUT2D eigenvalue weighted by atomic mass is 9.96. The van der Waals surface area contributed by atoms with Crippen molar-refractivity contribution in [2.75, 3.05) is 26.4 Å². The van der Waals surface area contributed by atoms with Crippen molar-refractivity contribution in [2.45, 2.75) is 227 Å². The van der Waals surface area contributed by atoms with Crippen LogP contribution in [0.5, 0.6) is 0 Å². The van der Waals surface area contributed by atoms with E-state index in [-0.39, 0.29) is 18.9 Å². The van der Waals surface area contributed by atoms with Gasteiger partial charge in [0.25, 0.3) is 0 Å². The summed E-state index contributed by atoms with van der Waals surface area (Å²) in [7, 11) is 0. The van der Waals surface area contributed by atoms with Crippen molar-refractivity contribution in [2.24, 2.45) is 0 Å². The molecule has 17 unspecified atom stereocenters. The van der Waals surface area contributed by atoms with Gasteiger partial charge in [-0.25, -0.2) is 0 Å². The minimum atomic E-state index is -1.98. The number of carbonyl (C=O) groups excluding carboxylic acids is 1. The number of hydrogen-bond donors (Lipinski definition) is 12. The highest BCUT2D eigenvalue weighted by Crippen LogP contribution is 2.33. The van der Waals surface area contributed by atoms with Gasteiger partial charge < -0.3 is 89.9 Å². The Hall–Kier alpha value is -1.73. The number of aliphatic hydroxyl groups is 11. The van der Waals surface area contributed by atoms with Crippen LogP contribution in [0.25, 0.3) is 0 Å². The zero-order valence-corrected chi connectivity index (χ0v) is 37.8. The molecule has 3 rings (SSSR count). The van der Waals surface area contributed by atoms with Gasteiger partial charge in [0, 0.05) is 6.42 Å². The highest BCUT2D eigenvalue weighted by molar-refractivity contribution is 5.76. The highest BCUT2D eigenvalue weighted by atomic mass is 16.8. The molecule has 3 aliphatic rings. The third-order valence-corrected chi connectivity index (χ3v) is 12.0. The third-order valence-electron chi connectivity index (χ3n) is 12.0. The minimum Gasteiger partial charge on any atom is -0.394 e. The summed E-state index contributed by atoms with van der Waals surface area (Å²) in [5.74, 6) is -0.295. The first kappa shape index (κ1) is 56.6. The molecule has 3 aliphatic heterocycles. The summed E-state index contributed by atoms with van der Waals surface area (Å²) in [5, 5.41) is 119. The van der Waals surface area contributed by atoms with E-state index in [4.69, 9.17) is 28.4 Å². The second kappa shape index (κ2) is 31.3. The fourth-order valence-electron chi connectivity index (χ4n) is 7.97. The van der Waals surface area contributed by atoms with Crippen molar-refractivity contribution in [3.05, 3.63) is 24.3 Å². The van der Waals surface area contributed by atoms with Crippen LogP contribution in [0.1, 0.15) is 123 Å². The Morgan fingerprint density at radius 2 is 1.00 bits per heavy atom. The van der Waals surface area contributed by atoms with E-state index < -0.39 is 124 Å². The highest BCUT2D eigenvalue weighted by Gasteiger charge is 2.53. The summed E-state index contributed by atoms with van der Waals surface area (Å²) >= 11 is 0. The Labute approximate surface area is 378 Å². The van der Waals surface area contributed by atoms with Crippen LogP contribution in [0.3, 0.4) is 0 Å². The van der Waals surface area contributed by atoms with Crippen molar-refractivity contribution in [1.82, 2.24) is 5.32 Å². The number of unbranched alkanes of at least 4 members (excludes halogenated alkanes) is 13. The molecule has 0 bridgehead atoms. The third kappa shape index (κ3) is 18.1. The molecule has 12 N–H and O–H groups in total. The second-order valence-electron chi connectivity index (χ2n) is 17.2. The van der Waals surface area contributed by atoms with Gasteiger partial charge in [0.2, 0.25) is 5.91 Å². The molecule has 3 heterocycles. The van der Waals surface area contributed by atoms with Gasteiger partial charge >= 0.3 is 0 Å². The Morgan fingerprint density at radius 3 is 1.56 bits per heavy atom. The maximum atomic E-state index is 13.1. The molecule has 0 spiro atoms. The number of aliphatic hydroxyl groups excluding tert-OH is 11. The van der Waals surface area contributed by atoms with Crippen LogP contribution in [-0.4, -0.2) is 193 Å². The van der Waals surface area contributed by atoms with Gasteiger partial charge in [-0.15, -0.1) is 0 Å². The molecule has 0 aromatic heterocycles. The molecular formula is C45H81NO18. The van der Waals surface area contributed by atoms with Crippen LogP contribution >= 0.6 is 0 Å². The van der Waals surface area contributed by atoms with Crippen LogP contribution in [0.15, 0.2) is 24.3 Å². The van der Waals surface area contributed by atoms with Crippen LogP contribution in [0.2, 0.25) is 0 Å². The predicted octanol–water partition coefficient (Wildman–Crippen LogP) is 0.0809. The van der Waals surface area contributed by atoms with Gasteiger partial charge in [-0.05, 0) is 32.1 Å². The lowest BCUT2D eigenvalue weighted by Crippen LogP contribution is -2.66. The normalized spacial score (nSPS) is 34.7. The molecule has 19 nitrogen and oxygen atoms in total. The van der Waals surface area contributed by atoms with E-state index in [0.29, 0.717) is 12.8 Å². The van der Waals surface area contributed by atoms with Gasteiger partial charge in [0.05, 0.1) is 38.6 Å². The van der Waals surface area contributed by atoms with Crippen molar-refractivity contribution < 1.29 is 89.4 Å². The van der Waals surface area contributed by atoms with E-state index in [0.717, 1.165) is 44.9 Å². The molecule has 17 atom stereocenters. The summed E-state index contributed by atoms with van der Waals surface area (Å²) in [6.07, 6.45) is -2.01. The molecule has 64 heavy (non-hydrogen) atoms. The van der Waals surface area contributed by atoms with Crippen LogP contribution in [0, 0.1) is 0 Å². The number of ether oxygens (including phenoxy) is 6. The molecule has 1 amide bonds. The molecule has 0 aliphatic carbocycles. The van der Waals surface area contributed by atoms with Gasteiger partial charge in [-0.2, -0.15) is 0 Å². The van der Waals surface area contributed by atoms with Gasteiger partial charge in [-0.3, -0.25) is 4.79 Å². The van der Waals surface area contributed by atoms with Gasteiger partial charge in [0.1, 0.15) is 73.2 Å². The number of nitrogens with one attached hydrogen (secondary N) is 1. The van der Waals surface area contributed by atoms with Gasteiger partial charge in [0.15, 0.2) is 18.9 Å². The molecule has 374 valence electrons. The summed E-state index contributed by atoms with van der Waals surface area (Å²) in [6, 6.07) is -0.980. The van der Waals surface area contributed by atoms with Crippen molar-refractivity contribution in [3.8, 4) is 0 Å². The van der Waals surface area contributed by atoms with E-state index >= 15 is 0 Å². The van der Waals surface area contributed by atoms with E-state index in [1.54, 1.807) is 6.08 Å². The predicted molar refractivity (Wildman–Crippen MR) is 231 cm³/mol. The lowest BCUT2D eigenvalue weighted by molar-refractivity contribution is -0.379. The standard InChI is InChI=1S/C45H81NO18/c1-3-5-7-9-11-13-14-15-16-18-20-22-29(50)28(46-33(51)23-21-19-17-12-10-8-6-4-2)27-59-43-39(57)36(54)41(31(25-48)61-43)64-45-40(58)37(55)42(32(26-49)62-45)63-44-38(56)35(53)34(52)30(24-47)60-44/h14-15,20,22,28-32,34-45,47-50,52-58H,3-13,16-19,21,23-27H2,1-2H3,(H,46,51)/b15-14+,22-20+. The quantitative estimate of drug-likeness (QED) is 0.0324. The minimum absolute atomic E-state index is 0.236. The zero-order chi connectivity index (χ0) is 47.0. The monoisotopic (exact) mass is 924 g/mol. The average Bonchev–Trinajstić information content (AvgIpc) is 3.29. The van der Waals surface area contributed by atoms with Crippen molar-refractivity contribution in [3.63, 3.8) is 0 Å². The molecule has 19 heteroatoms. The first-order valence-corrected chi connectivity index (χ1v) is 23.6. The second-order valence-corrected chi connectivity index (χ2v) is 17.2. The Morgan fingerprint density at radius 1 is 0.547 bits per heavy atom. The smallest absolute Gasteiger partial charge is 0.220 e. The van der Waals surface area contributed by atoms with E-state index in [2.05, 4.69) is 31.3 Å². The average molecular weight is 924 g/mol. The van der Waals surface area contributed by atoms with E-state index in [9.17, 15) is 61.0 Å². The van der Waals surface area contributed by atoms with Crippen LogP contribution in [0.4, 0.5) is 0 Å². The van der Waals surface area contributed by atoms with Crippen molar-refractivity contribution >= 4 is 5.91 Å². The molecular weight excluding hydrogens is 842 g/mol. The number of carbonyl (C=O) groups is 1. The van der Waals surface area contributed by atoms with E-state index in [1.165, 1.54) is 44.9 Å². The largest absolute Gasteiger partial charge is 0.394 e. The number of hydrogen-bond acceptors (Lipinski definition) is 18. The summed E-state index contributed by atoms with van der Waals surface area (Å²) in [5.41, 5.74) is 0. The lowest BCUT2D eigenvalue weighted by Gasteiger charge is -2.48. The molecule has 0 aromatic rings. The first-order valence-electron chi connectivity index (χ1n) is 23.6. The molecule has 0 radical (unpaired) electrons. The Kier molecular flexibility index (Phi) is 27.7. The molecule has 3 fully saturated rings. The number of allylic oxidation sites excluding steroid dienone is 3. The molecule has 3 saturated heterocycles. The summed E-state index contributed by atoms with van der Waals surface area (Å²) in [4.78, 5) is 13.1. The molecule has 0 saturated carbocycles. The fourth-order valence-corrected chi connectivity index (χ4v) is 7.97. The Bertz CT molecular complexity index is 1290. The SMILES string of the molecule is CCCCCCC/C=C/CC/C=C/C(O)C(COC1OC(CO)C(OC2OC(CO)C(OC3OC(CO)C(O)C(O)C3O)C(O)C2O)C(O)C1O)NC(=O)CCCCCCCCCC. The molecule has 0 aromatic carbocycles. The Balaban J connectivity index is 1.61. The van der Waals surface area contributed by atoms with Gasteiger partial charge in [-0.1, -0.05) is 109 Å². The van der Waals surface area contributed by atoms with Crippen LogP contribution < -0.4 is 5.32 Å². The maximum Gasteiger partial charge on any atom is 0.220 e. The van der Waals surface area contributed by atoms with Crippen LogP contribution in [-0.2, 0) is 33.2 Å². The zero-order valence-electron chi connectivity index (χ0n) is 37.8. The summed E-state index contributed by atoms with van der Waals surface area (Å²) in [6.45, 7) is 1.57. The van der Waals surface area contributed by atoms with Crippen molar-refractivity contribution in [1.29, 1.82) is 0 Å². The summed E-state index contributed by atoms with van der Waals surface area (Å²) < 4.78 is 33.9. The number of rotatable bonds is 31.